The van der Waals surface area contributed by atoms with Crippen LogP contribution in [0.5, 0.6) is 17.2 Å². The molecule has 3 nitrogen and oxygen atoms in total. The van der Waals surface area contributed by atoms with Gasteiger partial charge < -0.3 is 14.6 Å². The molecule has 0 atom stereocenters. The molecule has 25 heavy (non-hydrogen) atoms. The van der Waals surface area contributed by atoms with E-state index in [4.69, 9.17) is 32.7 Å². The molecule has 0 heterocycles. The summed E-state index contributed by atoms with van der Waals surface area (Å²) in [6.07, 6.45) is 0. The quantitative estimate of drug-likeness (QED) is 0.587. The summed E-state index contributed by atoms with van der Waals surface area (Å²) in [5.74, 6) is 0.665. The molecular formula is C20H16Cl2O3. The molecule has 0 spiro atoms. The number of para-hydroxylation sites is 1. The molecular weight excluding hydrogens is 359 g/mol. The van der Waals surface area contributed by atoms with Gasteiger partial charge in [-0.3, -0.25) is 0 Å². The van der Waals surface area contributed by atoms with Gasteiger partial charge in [0.25, 0.3) is 0 Å². The second kappa shape index (κ2) is 8.15. The Morgan fingerprint density at radius 3 is 1.56 bits per heavy atom. The first-order chi connectivity index (χ1) is 12.1. The van der Waals surface area contributed by atoms with Gasteiger partial charge >= 0.3 is 0 Å². The van der Waals surface area contributed by atoms with Gasteiger partial charge in [-0.05, 0) is 47.5 Å². The lowest BCUT2D eigenvalue weighted by atomic mass is 10.2. The van der Waals surface area contributed by atoms with Crippen LogP contribution < -0.4 is 9.47 Å². The molecule has 0 unspecified atom stereocenters. The fraction of sp³-hybridized carbons (Fsp3) is 0.100. The third kappa shape index (κ3) is 4.81. The van der Waals surface area contributed by atoms with E-state index in [0.717, 1.165) is 11.1 Å². The first-order valence-electron chi connectivity index (χ1n) is 7.68. The van der Waals surface area contributed by atoms with Crippen molar-refractivity contribution >= 4 is 23.2 Å². The summed E-state index contributed by atoms with van der Waals surface area (Å²) in [6.45, 7) is 0.595. The molecule has 0 aromatic heterocycles. The zero-order valence-corrected chi connectivity index (χ0v) is 14.8. The Kier molecular flexibility index (Phi) is 5.69. The largest absolute Gasteiger partial charge is 0.502 e. The Hall–Kier alpha value is -2.36. The van der Waals surface area contributed by atoms with Crippen LogP contribution in [0, 0.1) is 0 Å². The van der Waals surface area contributed by atoms with Crippen LogP contribution in [-0.4, -0.2) is 5.11 Å². The van der Waals surface area contributed by atoms with Crippen LogP contribution in [0.3, 0.4) is 0 Å². The monoisotopic (exact) mass is 374 g/mol. The van der Waals surface area contributed by atoms with Crippen molar-refractivity contribution in [1.29, 1.82) is 0 Å². The van der Waals surface area contributed by atoms with Crippen LogP contribution in [0.1, 0.15) is 11.1 Å². The molecule has 1 N–H and O–H groups in total. The molecule has 3 rings (SSSR count). The number of hydrogen-bond donors (Lipinski definition) is 1. The zero-order valence-electron chi connectivity index (χ0n) is 13.3. The number of ether oxygens (including phenoxy) is 2. The summed E-state index contributed by atoms with van der Waals surface area (Å²) >= 11 is 11.9. The molecule has 128 valence electrons. The molecule has 0 radical (unpaired) electrons. The Labute approximate surface area is 156 Å². The van der Waals surface area contributed by atoms with E-state index in [9.17, 15) is 5.11 Å². The van der Waals surface area contributed by atoms with Crippen LogP contribution in [0.25, 0.3) is 0 Å². The van der Waals surface area contributed by atoms with Crippen molar-refractivity contribution in [3.8, 4) is 17.2 Å². The molecule has 0 amide bonds. The minimum Gasteiger partial charge on any atom is -0.502 e. The van der Waals surface area contributed by atoms with Crippen LogP contribution in [0.4, 0.5) is 0 Å². The molecule has 0 aliphatic rings. The smallest absolute Gasteiger partial charge is 0.200 e. The SMILES string of the molecule is Oc1c(OCc2cccc(Cl)c2)cccc1OCc1cccc(Cl)c1. The number of rotatable bonds is 6. The minimum absolute atomic E-state index is 0.0356. The van der Waals surface area contributed by atoms with E-state index < -0.39 is 0 Å². The van der Waals surface area contributed by atoms with Gasteiger partial charge in [0.2, 0.25) is 5.75 Å². The zero-order chi connectivity index (χ0) is 17.6. The highest BCUT2D eigenvalue weighted by atomic mass is 35.5. The predicted molar refractivity (Wildman–Crippen MR) is 99.7 cm³/mol. The number of benzene rings is 3. The third-order valence-corrected chi connectivity index (χ3v) is 4.00. The van der Waals surface area contributed by atoms with Crippen molar-refractivity contribution in [3.05, 3.63) is 87.9 Å². The molecule has 0 saturated carbocycles. The van der Waals surface area contributed by atoms with E-state index in [1.165, 1.54) is 0 Å². The minimum atomic E-state index is -0.0356. The number of phenols is 1. The van der Waals surface area contributed by atoms with Gasteiger partial charge in [0.1, 0.15) is 13.2 Å². The molecule has 0 aliphatic heterocycles. The highest BCUT2D eigenvalue weighted by Gasteiger charge is 2.10. The molecule has 0 fully saturated rings. The third-order valence-electron chi connectivity index (χ3n) is 3.53. The number of halogens is 2. The van der Waals surface area contributed by atoms with Crippen LogP contribution in [-0.2, 0) is 13.2 Å². The summed E-state index contributed by atoms with van der Waals surface area (Å²) in [6, 6.07) is 19.9. The Bertz CT molecular complexity index is 797. The van der Waals surface area contributed by atoms with Crippen molar-refractivity contribution in [1.82, 2.24) is 0 Å². The summed E-state index contributed by atoms with van der Waals surface area (Å²) in [4.78, 5) is 0. The van der Waals surface area contributed by atoms with Gasteiger partial charge in [0.05, 0.1) is 0 Å². The maximum atomic E-state index is 10.4. The van der Waals surface area contributed by atoms with Crippen molar-refractivity contribution in [2.45, 2.75) is 13.2 Å². The first-order valence-corrected chi connectivity index (χ1v) is 8.44. The first kappa shape index (κ1) is 17.5. The average molecular weight is 375 g/mol. The number of hydrogen-bond acceptors (Lipinski definition) is 3. The van der Waals surface area contributed by atoms with E-state index in [1.807, 2.05) is 36.4 Å². The standard InChI is InChI=1S/C20H16Cl2O3/c21-16-6-1-4-14(10-16)12-24-18-8-3-9-19(20(18)23)25-13-15-5-2-7-17(22)11-15/h1-11,23H,12-13H2. The van der Waals surface area contributed by atoms with E-state index in [2.05, 4.69) is 0 Å². The second-order valence-corrected chi connectivity index (χ2v) is 6.31. The topological polar surface area (TPSA) is 38.7 Å². The van der Waals surface area contributed by atoms with Gasteiger partial charge in [-0.15, -0.1) is 0 Å². The van der Waals surface area contributed by atoms with Crippen molar-refractivity contribution in [2.75, 3.05) is 0 Å². The number of phenolic OH excluding ortho intramolecular Hbond substituents is 1. The van der Waals surface area contributed by atoms with E-state index in [0.29, 0.717) is 34.8 Å². The Morgan fingerprint density at radius 2 is 1.12 bits per heavy atom. The lowest BCUT2D eigenvalue weighted by Crippen LogP contribution is -1.98. The van der Waals surface area contributed by atoms with Crippen LogP contribution >= 0.6 is 23.2 Å². The van der Waals surface area contributed by atoms with E-state index in [1.54, 1.807) is 30.3 Å². The Balaban J connectivity index is 1.67. The molecule has 3 aromatic rings. The fourth-order valence-corrected chi connectivity index (χ4v) is 2.74. The summed E-state index contributed by atoms with van der Waals surface area (Å²) in [5, 5.41) is 11.6. The maximum absolute atomic E-state index is 10.4. The van der Waals surface area contributed by atoms with Gasteiger partial charge in [-0.25, -0.2) is 0 Å². The Morgan fingerprint density at radius 1 is 0.680 bits per heavy atom. The van der Waals surface area contributed by atoms with Gasteiger partial charge in [0.15, 0.2) is 11.5 Å². The maximum Gasteiger partial charge on any atom is 0.200 e. The fourth-order valence-electron chi connectivity index (χ4n) is 2.31. The lowest BCUT2D eigenvalue weighted by molar-refractivity contribution is 0.263. The van der Waals surface area contributed by atoms with Crippen LogP contribution in [0.2, 0.25) is 10.0 Å². The predicted octanol–water partition coefficient (Wildman–Crippen LogP) is 5.86. The van der Waals surface area contributed by atoms with Crippen LogP contribution in [0.15, 0.2) is 66.7 Å². The second-order valence-electron chi connectivity index (χ2n) is 5.44. The highest BCUT2D eigenvalue weighted by molar-refractivity contribution is 6.30. The average Bonchev–Trinajstić information content (AvgIpc) is 2.60. The molecule has 0 aliphatic carbocycles. The van der Waals surface area contributed by atoms with Gasteiger partial charge in [0, 0.05) is 10.0 Å². The van der Waals surface area contributed by atoms with Crippen molar-refractivity contribution in [3.63, 3.8) is 0 Å². The van der Waals surface area contributed by atoms with E-state index >= 15 is 0 Å². The lowest BCUT2D eigenvalue weighted by Gasteiger charge is -2.13. The van der Waals surface area contributed by atoms with Crippen molar-refractivity contribution in [2.24, 2.45) is 0 Å². The molecule has 0 saturated heterocycles. The normalized spacial score (nSPS) is 10.5. The summed E-state index contributed by atoms with van der Waals surface area (Å²) in [5.41, 5.74) is 1.83. The number of aromatic hydroxyl groups is 1. The summed E-state index contributed by atoms with van der Waals surface area (Å²) in [7, 11) is 0. The van der Waals surface area contributed by atoms with E-state index in [-0.39, 0.29) is 5.75 Å². The summed E-state index contributed by atoms with van der Waals surface area (Å²) < 4.78 is 11.4. The highest BCUT2D eigenvalue weighted by Crippen LogP contribution is 2.36. The molecule has 3 aromatic carbocycles. The van der Waals surface area contributed by atoms with Gasteiger partial charge in [-0.2, -0.15) is 0 Å². The van der Waals surface area contributed by atoms with Crippen molar-refractivity contribution < 1.29 is 14.6 Å². The van der Waals surface area contributed by atoms with Gasteiger partial charge in [-0.1, -0.05) is 53.5 Å². The molecule has 0 bridgehead atoms. The molecule has 5 heteroatoms.